The molecule has 0 unspecified atom stereocenters. The van der Waals surface area contributed by atoms with E-state index in [0.29, 0.717) is 12.2 Å². The molecule has 3 rings (SSSR count). The van der Waals surface area contributed by atoms with Crippen LogP contribution < -0.4 is 15.4 Å². The van der Waals surface area contributed by atoms with Crippen LogP contribution in [0, 0.1) is 0 Å². The van der Waals surface area contributed by atoms with E-state index in [1.165, 1.54) is 0 Å². The highest BCUT2D eigenvalue weighted by Crippen LogP contribution is 2.33. The Bertz CT molecular complexity index is 759. The summed E-state index contributed by atoms with van der Waals surface area (Å²) in [6.45, 7) is 2.22. The van der Waals surface area contributed by atoms with Gasteiger partial charge in [0.25, 0.3) is 0 Å². The largest absolute Gasteiger partial charge is 0.339 e. The molecule has 2 aromatic carbocycles. The van der Waals surface area contributed by atoms with Gasteiger partial charge in [0.2, 0.25) is 10.0 Å². The van der Waals surface area contributed by atoms with Crippen molar-refractivity contribution in [1.29, 1.82) is 0 Å². The molecule has 0 aliphatic carbocycles. The third kappa shape index (κ3) is 2.78. The smallest absolute Gasteiger partial charge is 0.240 e. The lowest BCUT2D eigenvalue weighted by molar-refractivity contribution is 0.597. The zero-order chi connectivity index (χ0) is 14.9. The molecular formula is C15H17N3O2S. The van der Waals surface area contributed by atoms with Gasteiger partial charge in [0.1, 0.15) is 4.90 Å². The summed E-state index contributed by atoms with van der Waals surface area (Å²) < 4.78 is 23.7. The number of primary sulfonamides is 1. The Kier molecular flexibility index (Phi) is 3.67. The average molecular weight is 303 g/mol. The van der Waals surface area contributed by atoms with Gasteiger partial charge < -0.3 is 10.2 Å². The molecule has 0 bridgehead atoms. The zero-order valence-corrected chi connectivity index (χ0v) is 12.3. The minimum atomic E-state index is -3.76. The van der Waals surface area contributed by atoms with Crippen molar-refractivity contribution in [1.82, 2.24) is 5.32 Å². The van der Waals surface area contributed by atoms with Crippen molar-refractivity contribution in [3.63, 3.8) is 0 Å². The standard InChI is InChI=1S/C15H17N3O2S/c16-21(19,20)15-8-4-3-7-14(15)18-10-9-17-11-12-5-1-2-6-13(12)18/h1-8,17H,9-11H2,(H2,16,19,20). The second-order valence-electron chi connectivity index (χ2n) is 4.97. The van der Waals surface area contributed by atoms with Crippen LogP contribution in [0.1, 0.15) is 5.56 Å². The van der Waals surface area contributed by atoms with E-state index < -0.39 is 10.0 Å². The van der Waals surface area contributed by atoms with Gasteiger partial charge in [-0.1, -0.05) is 30.3 Å². The SMILES string of the molecule is NS(=O)(=O)c1ccccc1N1CCNCc2ccccc21. The van der Waals surface area contributed by atoms with Gasteiger partial charge in [-0.05, 0) is 23.8 Å². The summed E-state index contributed by atoms with van der Waals surface area (Å²) in [6.07, 6.45) is 0. The lowest BCUT2D eigenvalue weighted by Gasteiger charge is -2.26. The van der Waals surface area contributed by atoms with E-state index >= 15 is 0 Å². The number of hydrogen-bond donors (Lipinski definition) is 2. The molecule has 110 valence electrons. The van der Waals surface area contributed by atoms with Crippen molar-refractivity contribution in [3.05, 3.63) is 54.1 Å². The number of sulfonamides is 1. The van der Waals surface area contributed by atoms with Crippen molar-refractivity contribution < 1.29 is 8.42 Å². The van der Waals surface area contributed by atoms with E-state index in [1.807, 2.05) is 35.2 Å². The third-order valence-electron chi connectivity index (χ3n) is 3.57. The first-order valence-electron chi connectivity index (χ1n) is 6.75. The molecule has 21 heavy (non-hydrogen) atoms. The maximum absolute atomic E-state index is 11.8. The molecule has 0 fully saturated rings. The first kappa shape index (κ1) is 14.1. The molecule has 0 radical (unpaired) electrons. The predicted molar refractivity (Wildman–Crippen MR) is 83.0 cm³/mol. The maximum atomic E-state index is 11.8. The van der Waals surface area contributed by atoms with Crippen LogP contribution in [0.4, 0.5) is 11.4 Å². The fourth-order valence-electron chi connectivity index (χ4n) is 2.63. The summed E-state index contributed by atoms with van der Waals surface area (Å²) in [5.74, 6) is 0. The van der Waals surface area contributed by atoms with E-state index in [2.05, 4.69) is 5.32 Å². The summed E-state index contributed by atoms with van der Waals surface area (Å²) in [7, 11) is -3.76. The summed E-state index contributed by atoms with van der Waals surface area (Å²) in [4.78, 5) is 2.16. The first-order valence-corrected chi connectivity index (χ1v) is 8.30. The number of benzene rings is 2. The van der Waals surface area contributed by atoms with Crippen molar-refractivity contribution in [3.8, 4) is 0 Å². The average Bonchev–Trinajstić information content (AvgIpc) is 2.68. The number of nitrogens with one attached hydrogen (secondary N) is 1. The van der Waals surface area contributed by atoms with Crippen LogP contribution in [-0.2, 0) is 16.6 Å². The van der Waals surface area contributed by atoms with Gasteiger partial charge >= 0.3 is 0 Å². The molecule has 0 saturated heterocycles. The van der Waals surface area contributed by atoms with E-state index in [0.717, 1.165) is 24.3 Å². The highest BCUT2D eigenvalue weighted by molar-refractivity contribution is 7.89. The maximum Gasteiger partial charge on any atom is 0.240 e. The molecule has 0 amide bonds. The summed E-state index contributed by atoms with van der Waals surface area (Å²) in [5, 5.41) is 8.69. The summed E-state index contributed by atoms with van der Waals surface area (Å²) >= 11 is 0. The molecule has 0 aromatic heterocycles. The van der Waals surface area contributed by atoms with Gasteiger partial charge in [0.05, 0.1) is 5.69 Å². The predicted octanol–water partition coefficient (Wildman–Crippen LogP) is 1.58. The van der Waals surface area contributed by atoms with Gasteiger partial charge in [0, 0.05) is 25.3 Å². The molecular weight excluding hydrogens is 286 g/mol. The van der Waals surface area contributed by atoms with Crippen LogP contribution in [0.25, 0.3) is 0 Å². The summed E-state index contributed by atoms with van der Waals surface area (Å²) in [5.41, 5.74) is 2.77. The Labute approximate surface area is 124 Å². The Balaban J connectivity index is 2.18. The van der Waals surface area contributed by atoms with Gasteiger partial charge in [-0.3, -0.25) is 0 Å². The second kappa shape index (κ2) is 5.48. The lowest BCUT2D eigenvalue weighted by atomic mass is 10.1. The molecule has 5 nitrogen and oxygen atoms in total. The fraction of sp³-hybridized carbons (Fsp3) is 0.200. The van der Waals surface area contributed by atoms with Crippen LogP contribution in [0.5, 0.6) is 0 Å². The van der Waals surface area contributed by atoms with Crippen molar-refractivity contribution in [2.24, 2.45) is 5.14 Å². The van der Waals surface area contributed by atoms with Crippen molar-refractivity contribution >= 4 is 21.4 Å². The van der Waals surface area contributed by atoms with Crippen molar-refractivity contribution in [2.45, 2.75) is 11.4 Å². The molecule has 0 spiro atoms. The number of nitrogens with zero attached hydrogens (tertiary/aromatic N) is 1. The molecule has 3 N–H and O–H groups in total. The van der Waals surface area contributed by atoms with E-state index in [-0.39, 0.29) is 4.90 Å². The van der Waals surface area contributed by atoms with Crippen LogP contribution in [-0.4, -0.2) is 21.5 Å². The molecule has 1 aliphatic rings. The highest BCUT2D eigenvalue weighted by Gasteiger charge is 2.22. The molecule has 2 aromatic rings. The second-order valence-corrected chi connectivity index (χ2v) is 6.50. The lowest BCUT2D eigenvalue weighted by Crippen LogP contribution is -2.26. The Hall–Kier alpha value is -1.89. The minimum absolute atomic E-state index is 0.154. The Morgan fingerprint density at radius 2 is 1.67 bits per heavy atom. The fourth-order valence-corrected chi connectivity index (χ4v) is 3.37. The number of para-hydroxylation sites is 2. The number of hydrogen-bond acceptors (Lipinski definition) is 4. The number of rotatable bonds is 2. The zero-order valence-electron chi connectivity index (χ0n) is 11.5. The highest BCUT2D eigenvalue weighted by atomic mass is 32.2. The third-order valence-corrected chi connectivity index (χ3v) is 4.53. The molecule has 6 heteroatoms. The molecule has 0 saturated carbocycles. The molecule has 1 heterocycles. The minimum Gasteiger partial charge on any atom is -0.339 e. The number of fused-ring (bicyclic) bond motifs is 1. The Morgan fingerprint density at radius 1 is 1.00 bits per heavy atom. The monoisotopic (exact) mass is 303 g/mol. The van der Waals surface area contributed by atoms with Crippen molar-refractivity contribution in [2.75, 3.05) is 18.0 Å². The van der Waals surface area contributed by atoms with E-state index in [1.54, 1.807) is 18.2 Å². The van der Waals surface area contributed by atoms with Crippen LogP contribution in [0.2, 0.25) is 0 Å². The van der Waals surface area contributed by atoms with Gasteiger partial charge in [-0.15, -0.1) is 0 Å². The van der Waals surface area contributed by atoms with Crippen LogP contribution in [0.15, 0.2) is 53.4 Å². The Morgan fingerprint density at radius 3 is 2.43 bits per heavy atom. The number of nitrogens with two attached hydrogens (primary N) is 1. The van der Waals surface area contributed by atoms with E-state index in [9.17, 15) is 8.42 Å². The first-order chi connectivity index (χ1) is 10.1. The van der Waals surface area contributed by atoms with Crippen LogP contribution in [0.3, 0.4) is 0 Å². The molecule has 1 aliphatic heterocycles. The normalized spacial score (nSPS) is 15.4. The quantitative estimate of drug-likeness (QED) is 0.883. The summed E-state index contributed by atoms with van der Waals surface area (Å²) in [6, 6.07) is 14.8. The van der Waals surface area contributed by atoms with Gasteiger partial charge in [0.15, 0.2) is 0 Å². The van der Waals surface area contributed by atoms with Gasteiger partial charge in [-0.2, -0.15) is 0 Å². The number of anilines is 2. The van der Waals surface area contributed by atoms with Gasteiger partial charge in [-0.25, -0.2) is 13.6 Å². The topological polar surface area (TPSA) is 75.4 Å². The molecule has 0 atom stereocenters. The van der Waals surface area contributed by atoms with Crippen LogP contribution >= 0.6 is 0 Å². The van der Waals surface area contributed by atoms with E-state index in [4.69, 9.17) is 5.14 Å².